The highest BCUT2D eigenvalue weighted by Crippen LogP contribution is 2.41. The molecule has 0 aromatic heterocycles. The molecule has 208 valence electrons. The Kier molecular flexibility index (Phi) is 8.68. The first-order valence-electron chi connectivity index (χ1n) is 12.7. The number of benzene rings is 2. The van der Waals surface area contributed by atoms with Gasteiger partial charge in [0.25, 0.3) is 16.4 Å². The molecule has 4 rings (SSSR count). The molecule has 0 bridgehead atoms. The third-order valence-corrected chi connectivity index (χ3v) is 9.05. The maximum Gasteiger partial charge on any atom is 0.301 e. The van der Waals surface area contributed by atoms with E-state index in [1.54, 1.807) is 49.1 Å². The summed E-state index contributed by atoms with van der Waals surface area (Å²) in [5.74, 6) is -0.268. The van der Waals surface area contributed by atoms with Crippen LogP contribution in [0.25, 0.3) is 0 Å². The summed E-state index contributed by atoms with van der Waals surface area (Å²) >= 11 is 0. The van der Waals surface area contributed by atoms with Crippen LogP contribution in [0.4, 0.5) is 13.2 Å². The van der Waals surface area contributed by atoms with Crippen LogP contribution in [0.15, 0.2) is 52.9 Å². The predicted octanol–water partition coefficient (Wildman–Crippen LogP) is 4.52. The van der Waals surface area contributed by atoms with Crippen molar-refractivity contribution in [3.8, 4) is 0 Å². The molecule has 2 aromatic rings. The first-order valence-corrected chi connectivity index (χ1v) is 14.3. The van der Waals surface area contributed by atoms with E-state index in [1.807, 2.05) is 12.1 Å². The molecule has 2 heterocycles. The number of nitrogens with one attached hydrogen (secondary N) is 1. The number of halogens is 3. The Hall–Kier alpha value is -2.63. The number of rotatable bonds is 8. The quantitative estimate of drug-likeness (QED) is 0.500. The summed E-state index contributed by atoms with van der Waals surface area (Å²) in [5.41, 5.74) is 0.628. The molecule has 2 aliphatic rings. The Labute approximate surface area is 221 Å². The summed E-state index contributed by atoms with van der Waals surface area (Å²) in [6.45, 7) is 4.05. The van der Waals surface area contributed by atoms with Crippen LogP contribution in [-0.2, 0) is 14.8 Å². The first-order chi connectivity index (χ1) is 18.0. The van der Waals surface area contributed by atoms with Gasteiger partial charge in [-0.05, 0) is 69.3 Å². The molecule has 0 aliphatic carbocycles. The van der Waals surface area contributed by atoms with Gasteiger partial charge in [-0.1, -0.05) is 42.5 Å². The largest absolute Gasteiger partial charge is 0.457 e. The Morgan fingerprint density at radius 3 is 2.32 bits per heavy atom. The Morgan fingerprint density at radius 1 is 1.11 bits per heavy atom. The van der Waals surface area contributed by atoms with E-state index in [4.69, 9.17) is 4.74 Å². The van der Waals surface area contributed by atoms with Crippen LogP contribution < -0.4 is 5.32 Å². The van der Waals surface area contributed by atoms with E-state index in [2.05, 4.69) is 9.71 Å². The number of ether oxygens (including phenoxy) is 1. The van der Waals surface area contributed by atoms with Crippen LogP contribution >= 0.6 is 0 Å². The zero-order valence-corrected chi connectivity index (χ0v) is 22.3. The van der Waals surface area contributed by atoms with Crippen LogP contribution in [0.3, 0.4) is 0 Å². The summed E-state index contributed by atoms with van der Waals surface area (Å²) in [7, 11) is -4.08. The van der Waals surface area contributed by atoms with Crippen molar-refractivity contribution in [2.45, 2.75) is 62.3 Å². The van der Waals surface area contributed by atoms with Crippen LogP contribution in [-0.4, -0.2) is 62.7 Å². The van der Waals surface area contributed by atoms with Crippen molar-refractivity contribution < 1.29 is 31.4 Å². The summed E-state index contributed by atoms with van der Waals surface area (Å²) in [4.78, 5) is 1.77. The lowest BCUT2D eigenvalue weighted by Gasteiger charge is -2.38. The van der Waals surface area contributed by atoms with E-state index >= 15 is 0 Å². The van der Waals surface area contributed by atoms with Crippen LogP contribution in [0.1, 0.15) is 67.0 Å². The fraction of sp³-hybridized carbons (Fsp3) is 0.519. The van der Waals surface area contributed by atoms with Gasteiger partial charge in [0.1, 0.15) is 16.7 Å². The minimum absolute atomic E-state index is 0.121. The Morgan fingerprint density at radius 2 is 1.74 bits per heavy atom. The second kappa shape index (κ2) is 11.6. The molecule has 1 saturated heterocycles. The van der Waals surface area contributed by atoms with Gasteiger partial charge in [0.15, 0.2) is 0 Å². The number of piperidine rings is 1. The number of nitrogens with zero attached hydrogens (tertiary/aromatic N) is 2. The SMILES string of the molecule is CC1(C)OC(N[C@@H](CCO)c2ccccc2F)=NS(=O)(=O)C1c1ccc(C2CCN(CC(F)F)CC2)cc1. The molecule has 2 aliphatic heterocycles. The summed E-state index contributed by atoms with van der Waals surface area (Å²) in [6, 6.07) is 12.4. The van der Waals surface area contributed by atoms with Crippen molar-refractivity contribution in [2.24, 2.45) is 4.40 Å². The van der Waals surface area contributed by atoms with Gasteiger partial charge in [-0.2, -0.15) is 0 Å². The van der Waals surface area contributed by atoms with Crippen molar-refractivity contribution in [2.75, 3.05) is 26.2 Å². The molecular formula is C27H34F3N3O4S. The highest BCUT2D eigenvalue weighted by atomic mass is 32.2. The fourth-order valence-corrected chi connectivity index (χ4v) is 7.10. The molecule has 7 nitrogen and oxygen atoms in total. The van der Waals surface area contributed by atoms with E-state index in [0.29, 0.717) is 18.7 Å². The third-order valence-electron chi connectivity index (χ3n) is 7.19. The van der Waals surface area contributed by atoms with Crippen molar-refractivity contribution in [1.29, 1.82) is 0 Å². The van der Waals surface area contributed by atoms with E-state index in [-0.39, 0.29) is 37.1 Å². The number of sulfonamides is 1. The average molecular weight is 554 g/mol. The fourth-order valence-electron chi connectivity index (χ4n) is 5.41. The number of hydrogen-bond acceptors (Lipinski definition) is 6. The lowest BCUT2D eigenvalue weighted by Crippen LogP contribution is -2.47. The molecule has 1 fully saturated rings. The zero-order valence-electron chi connectivity index (χ0n) is 21.5. The lowest BCUT2D eigenvalue weighted by atomic mass is 9.88. The summed E-state index contributed by atoms with van der Waals surface area (Å²) < 4.78 is 76.3. The van der Waals surface area contributed by atoms with Crippen LogP contribution in [0.2, 0.25) is 0 Å². The van der Waals surface area contributed by atoms with E-state index in [0.717, 1.165) is 18.4 Å². The second-order valence-electron chi connectivity index (χ2n) is 10.4. The second-order valence-corrected chi connectivity index (χ2v) is 12.0. The molecule has 1 unspecified atom stereocenters. The van der Waals surface area contributed by atoms with E-state index < -0.39 is 39.2 Å². The Bertz CT molecular complexity index is 1230. The Balaban J connectivity index is 1.51. The van der Waals surface area contributed by atoms with Crippen molar-refractivity contribution in [1.82, 2.24) is 10.2 Å². The number of hydrogen-bond donors (Lipinski definition) is 2. The van der Waals surface area contributed by atoms with E-state index in [1.165, 1.54) is 6.07 Å². The first kappa shape index (κ1) is 28.4. The highest BCUT2D eigenvalue weighted by molar-refractivity contribution is 7.90. The van der Waals surface area contributed by atoms with Gasteiger partial charge >= 0.3 is 6.02 Å². The minimum atomic E-state index is -4.08. The van der Waals surface area contributed by atoms with Gasteiger partial charge in [0.2, 0.25) is 0 Å². The molecule has 2 N–H and O–H groups in total. The maximum absolute atomic E-state index is 14.4. The van der Waals surface area contributed by atoms with Gasteiger partial charge in [-0.15, -0.1) is 4.40 Å². The van der Waals surface area contributed by atoms with Crippen LogP contribution in [0.5, 0.6) is 0 Å². The van der Waals surface area contributed by atoms with Crippen LogP contribution in [0, 0.1) is 5.82 Å². The highest BCUT2D eigenvalue weighted by Gasteiger charge is 2.47. The molecule has 0 radical (unpaired) electrons. The zero-order chi connectivity index (χ0) is 27.5. The molecule has 11 heteroatoms. The van der Waals surface area contributed by atoms with Gasteiger partial charge < -0.3 is 15.2 Å². The number of likely N-dealkylation sites (tertiary alicyclic amines) is 1. The molecule has 0 amide bonds. The van der Waals surface area contributed by atoms with Gasteiger partial charge in [0, 0.05) is 12.2 Å². The number of aliphatic hydroxyl groups excluding tert-OH is 1. The average Bonchev–Trinajstić information content (AvgIpc) is 2.83. The summed E-state index contributed by atoms with van der Waals surface area (Å²) in [5, 5.41) is 11.3. The standard InChI is InChI=1S/C27H34F3N3O4S/c1-27(2)25(20-9-7-18(8-10-20)19-11-14-33(15-12-19)17-24(29)30)38(35,36)32-26(37-27)31-23(13-16-34)21-5-3-4-6-22(21)28/h3-10,19,23-25,34H,11-17H2,1-2H3,(H,31,32)/t23-,25?/m0/s1. The van der Waals surface area contributed by atoms with Crippen molar-refractivity contribution >= 4 is 16.0 Å². The number of aliphatic hydroxyl groups is 1. The maximum atomic E-state index is 14.4. The smallest absolute Gasteiger partial charge is 0.301 e. The monoisotopic (exact) mass is 553 g/mol. The van der Waals surface area contributed by atoms with Crippen molar-refractivity contribution in [3.63, 3.8) is 0 Å². The van der Waals surface area contributed by atoms with E-state index in [9.17, 15) is 26.7 Å². The number of alkyl halides is 2. The van der Waals surface area contributed by atoms with Gasteiger partial charge in [0.05, 0.1) is 12.6 Å². The topological polar surface area (TPSA) is 91.2 Å². The molecule has 0 spiro atoms. The van der Waals surface area contributed by atoms with Gasteiger partial charge in [-0.25, -0.2) is 21.6 Å². The molecular weight excluding hydrogens is 519 g/mol. The lowest BCUT2D eigenvalue weighted by molar-refractivity contribution is 0.0747. The number of amidine groups is 1. The molecule has 2 atom stereocenters. The predicted molar refractivity (Wildman–Crippen MR) is 139 cm³/mol. The third kappa shape index (κ3) is 6.50. The van der Waals surface area contributed by atoms with Gasteiger partial charge in [-0.3, -0.25) is 4.90 Å². The van der Waals surface area contributed by atoms with Crippen molar-refractivity contribution in [3.05, 3.63) is 71.0 Å². The molecule has 38 heavy (non-hydrogen) atoms. The minimum Gasteiger partial charge on any atom is -0.457 e. The molecule has 2 aromatic carbocycles. The normalized spacial score (nSPS) is 22.5. The molecule has 0 saturated carbocycles. The summed E-state index contributed by atoms with van der Waals surface area (Å²) in [6.07, 6.45) is -0.694.